The molecule has 1 aliphatic carbocycles. The van der Waals surface area contributed by atoms with Crippen LogP contribution in [-0.4, -0.2) is 22.9 Å². The lowest BCUT2D eigenvalue weighted by Crippen LogP contribution is -2.27. The molecule has 5 heteroatoms. The van der Waals surface area contributed by atoms with Crippen LogP contribution in [0.5, 0.6) is 0 Å². The largest absolute Gasteiger partial charge is 0.376 e. The van der Waals surface area contributed by atoms with Crippen LogP contribution in [-0.2, 0) is 4.74 Å². The van der Waals surface area contributed by atoms with E-state index in [1.54, 1.807) is 0 Å². The van der Waals surface area contributed by atoms with Gasteiger partial charge in [0, 0.05) is 5.92 Å². The maximum Gasteiger partial charge on any atom is 0.229 e. The molecule has 102 valence electrons. The summed E-state index contributed by atoms with van der Waals surface area (Å²) in [5.74, 6) is 1.95. The third-order valence-corrected chi connectivity index (χ3v) is 3.74. The summed E-state index contributed by atoms with van der Waals surface area (Å²) in [7, 11) is 0. The molecule has 2 N–H and O–H groups in total. The van der Waals surface area contributed by atoms with Crippen molar-refractivity contribution < 1.29 is 9.26 Å². The number of hydrogen-bond donors (Lipinski definition) is 1. The molecular formula is C13H23N3O2. The van der Waals surface area contributed by atoms with Crippen molar-refractivity contribution in [2.75, 3.05) is 6.61 Å². The lowest BCUT2D eigenvalue weighted by Gasteiger charge is -2.26. The number of rotatable bonds is 6. The zero-order valence-electron chi connectivity index (χ0n) is 11.4. The van der Waals surface area contributed by atoms with Crippen LogP contribution in [0.1, 0.15) is 63.7 Å². The third kappa shape index (κ3) is 3.09. The van der Waals surface area contributed by atoms with Gasteiger partial charge in [-0.05, 0) is 25.2 Å². The molecule has 0 amide bonds. The van der Waals surface area contributed by atoms with E-state index in [2.05, 4.69) is 30.9 Å². The maximum absolute atomic E-state index is 6.00. The van der Waals surface area contributed by atoms with Crippen molar-refractivity contribution in [3.05, 3.63) is 11.7 Å². The van der Waals surface area contributed by atoms with E-state index >= 15 is 0 Å². The monoisotopic (exact) mass is 253 g/mol. The Bertz CT molecular complexity index is 374. The summed E-state index contributed by atoms with van der Waals surface area (Å²) in [6, 6.07) is -0.289. The predicted octanol–water partition coefficient (Wildman–Crippen LogP) is 2.40. The molecule has 2 rings (SSSR count). The SMILES string of the molecule is CC(C)C(C)c1nc(C(N)COC2CCC2)no1. The number of ether oxygens (including phenoxy) is 1. The van der Waals surface area contributed by atoms with E-state index in [9.17, 15) is 0 Å². The topological polar surface area (TPSA) is 74.2 Å². The molecule has 0 spiro atoms. The Balaban J connectivity index is 1.87. The molecule has 1 aromatic rings. The molecule has 0 aromatic carbocycles. The van der Waals surface area contributed by atoms with Gasteiger partial charge < -0.3 is 15.0 Å². The summed E-state index contributed by atoms with van der Waals surface area (Å²) < 4.78 is 10.9. The van der Waals surface area contributed by atoms with Gasteiger partial charge in [0.1, 0.15) is 0 Å². The summed E-state index contributed by atoms with van der Waals surface area (Å²) in [6.07, 6.45) is 3.94. The third-order valence-electron chi connectivity index (χ3n) is 3.74. The van der Waals surface area contributed by atoms with Gasteiger partial charge in [-0.1, -0.05) is 25.9 Å². The van der Waals surface area contributed by atoms with Crippen molar-refractivity contribution >= 4 is 0 Å². The summed E-state index contributed by atoms with van der Waals surface area (Å²) in [6.45, 7) is 6.82. The molecule has 0 bridgehead atoms. The fourth-order valence-corrected chi connectivity index (χ4v) is 1.72. The van der Waals surface area contributed by atoms with E-state index in [4.69, 9.17) is 15.0 Å². The van der Waals surface area contributed by atoms with Gasteiger partial charge in [-0.2, -0.15) is 4.98 Å². The van der Waals surface area contributed by atoms with Crippen molar-refractivity contribution in [2.24, 2.45) is 11.7 Å². The van der Waals surface area contributed by atoms with Gasteiger partial charge in [0.05, 0.1) is 18.8 Å². The second-order valence-corrected chi connectivity index (χ2v) is 5.52. The summed E-state index contributed by atoms with van der Waals surface area (Å²) in [4.78, 5) is 4.37. The normalized spacial score (nSPS) is 19.8. The fraction of sp³-hybridized carbons (Fsp3) is 0.846. The van der Waals surface area contributed by atoms with E-state index in [-0.39, 0.29) is 12.0 Å². The minimum Gasteiger partial charge on any atom is -0.376 e. The molecular weight excluding hydrogens is 230 g/mol. The molecule has 0 aliphatic heterocycles. The summed E-state index contributed by atoms with van der Waals surface area (Å²) in [5, 5.41) is 3.95. The molecule has 1 fully saturated rings. The van der Waals surface area contributed by atoms with E-state index in [1.807, 2.05) is 0 Å². The first-order valence-electron chi connectivity index (χ1n) is 6.78. The average molecular weight is 253 g/mol. The van der Waals surface area contributed by atoms with Crippen molar-refractivity contribution in [1.29, 1.82) is 0 Å². The van der Waals surface area contributed by atoms with E-state index < -0.39 is 0 Å². The van der Waals surface area contributed by atoms with Gasteiger partial charge in [-0.25, -0.2) is 0 Å². The van der Waals surface area contributed by atoms with E-state index in [0.717, 1.165) is 12.8 Å². The predicted molar refractivity (Wildman–Crippen MR) is 68.1 cm³/mol. The maximum atomic E-state index is 6.00. The van der Waals surface area contributed by atoms with Crippen LogP contribution in [0.15, 0.2) is 4.52 Å². The highest BCUT2D eigenvalue weighted by Crippen LogP contribution is 2.24. The number of nitrogens with two attached hydrogens (primary N) is 1. The van der Waals surface area contributed by atoms with Crippen LogP contribution in [0.2, 0.25) is 0 Å². The minimum absolute atomic E-state index is 0.256. The van der Waals surface area contributed by atoms with Gasteiger partial charge in [-0.15, -0.1) is 0 Å². The van der Waals surface area contributed by atoms with Crippen molar-refractivity contribution in [1.82, 2.24) is 10.1 Å². The van der Waals surface area contributed by atoms with Crippen LogP contribution < -0.4 is 5.73 Å². The number of hydrogen-bond acceptors (Lipinski definition) is 5. The molecule has 0 radical (unpaired) electrons. The Labute approximate surface area is 108 Å². The average Bonchev–Trinajstić information content (AvgIpc) is 2.74. The second-order valence-electron chi connectivity index (χ2n) is 5.52. The van der Waals surface area contributed by atoms with Crippen LogP contribution in [0.4, 0.5) is 0 Å². The van der Waals surface area contributed by atoms with Crippen LogP contribution in [0.25, 0.3) is 0 Å². The van der Waals surface area contributed by atoms with Gasteiger partial charge in [-0.3, -0.25) is 0 Å². The molecule has 2 unspecified atom stereocenters. The highest BCUT2D eigenvalue weighted by Gasteiger charge is 2.23. The lowest BCUT2D eigenvalue weighted by molar-refractivity contribution is -0.00549. The van der Waals surface area contributed by atoms with E-state index in [1.165, 1.54) is 6.42 Å². The quantitative estimate of drug-likeness (QED) is 0.842. The Hall–Kier alpha value is -0.940. The lowest BCUT2D eigenvalue weighted by atomic mass is 9.96. The van der Waals surface area contributed by atoms with Crippen LogP contribution in [0, 0.1) is 5.92 Å². The fourth-order valence-electron chi connectivity index (χ4n) is 1.72. The molecule has 2 atom stereocenters. The second kappa shape index (κ2) is 5.80. The Morgan fingerprint density at radius 3 is 2.67 bits per heavy atom. The van der Waals surface area contributed by atoms with E-state index in [0.29, 0.717) is 30.3 Å². The standard InChI is InChI=1S/C13H23N3O2/c1-8(2)9(3)13-15-12(16-18-13)11(14)7-17-10-5-4-6-10/h8-11H,4-7,14H2,1-3H3. The van der Waals surface area contributed by atoms with Crippen LogP contribution >= 0.6 is 0 Å². The molecule has 1 aromatic heterocycles. The number of aromatic nitrogens is 2. The van der Waals surface area contributed by atoms with Crippen molar-refractivity contribution in [2.45, 2.75) is 58.1 Å². The molecule has 1 heterocycles. The zero-order chi connectivity index (χ0) is 13.1. The van der Waals surface area contributed by atoms with Crippen molar-refractivity contribution in [3.63, 3.8) is 0 Å². The zero-order valence-corrected chi connectivity index (χ0v) is 11.4. The molecule has 18 heavy (non-hydrogen) atoms. The molecule has 1 aliphatic rings. The minimum atomic E-state index is -0.289. The first-order valence-corrected chi connectivity index (χ1v) is 6.78. The van der Waals surface area contributed by atoms with Gasteiger partial charge >= 0.3 is 0 Å². The van der Waals surface area contributed by atoms with Gasteiger partial charge in [0.15, 0.2) is 5.82 Å². The molecule has 0 saturated heterocycles. The van der Waals surface area contributed by atoms with Gasteiger partial charge in [0.2, 0.25) is 5.89 Å². The Morgan fingerprint density at radius 1 is 1.39 bits per heavy atom. The van der Waals surface area contributed by atoms with Crippen LogP contribution in [0.3, 0.4) is 0 Å². The molecule has 1 saturated carbocycles. The molecule has 5 nitrogen and oxygen atoms in total. The number of nitrogens with zero attached hydrogens (tertiary/aromatic N) is 2. The summed E-state index contributed by atoms with van der Waals surface area (Å²) >= 11 is 0. The summed E-state index contributed by atoms with van der Waals surface area (Å²) in [5.41, 5.74) is 6.00. The first kappa shape index (κ1) is 13.5. The van der Waals surface area contributed by atoms with Crippen molar-refractivity contribution in [3.8, 4) is 0 Å². The Morgan fingerprint density at radius 2 is 2.11 bits per heavy atom. The van der Waals surface area contributed by atoms with Gasteiger partial charge in [0.25, 0.3) is 0 Å². The smallest absolute Gasteiger partial charge is 0.229 e. The highest BCUT2D eigenvalue weighted by atomic mass is 16.5. The Kier molecular flexibility index (Phi) is 4.35. The first-order chi connectivity index (χ1) is 8.58. The highest BCUT2D eigenvalue weighted by molar-refractivity contribution is 4.97.